The molecule has 1 aromatic carbocycles. The van der Waals surface area contributed by atoms with Crippen LogP contribution < -0.4 is 10.1 Å². The van der Waals surface area contributed by atoms with E-state index in [0.717, 1.165) is 12.8 Å². The molecule has 24 heavy (non-hydrogen) atoms. The highest BCUT2D eigenvalue weighted by Gasteiger charge is 2.55. The number of alkyl halides is 2. The maximum absolute atomic E-state index is 12.4. The number of carboxylic acid groups (broad SMARTS) is 1. The van der Waals surface area contributed by atoms with Crippen LogP contribution in [-0.2, 0) is 4.79 Å². The number of halogens is 2. The molecule has 1 heterocycles. The number of fused-ring (bicyclic) bond motifs is 1. The third-order valence-corrected chi connectivity index (χ3v) is 4.93. The molecule has 0 bridgehead atoms. The predicted molar refractivity (Wildman–Crippen MR) is 81.1 cm³/mol. The molecule has 0 spiro atoms. The smallest absolute Gasteiger partial charge is 0.387 e. The van der Waals surface area contributed by atoms with Gasteiger partial charge < -0.3 is 20.1 Å². The molecule has 0 aromatic heterocycles. The van der Waals surface area contributed by atoms with Crippen molar-refractivity contribution in [1.82, 2.24) is 4.90 Å². The number of rotatable bonds is 4. The fourth-order valence-electron chi connectivity index (χ4n) is 3.76. The van der Waals surface area contributed by atoms with E-state index < -0.39 is 24.0 Å². The molecule has 6 nitrogen and oxygen atoms in total. The van der Waals surface area contributed by atoms with E-state index in [-0.39, 0.29) is 23.9 Å². The van der Waals surface area contributed by atoms with Gasteiger partial charge in [0.1, 0.15) is 5.75 Å². The van der Waals surface area contributed by atoms with E-state index in [1.165, 1.54) is 23.1 Å². The minimum Gasteiger partial charge on any atom is -0.481 e. The zero-order chi connectivity index (χ0) is 17.3. The van der Waals surface area contributed by atoms with Crippen LogP contribution in [0, 0.1) is 11.3 Å². The van der Waals surface area contributed by atoms with Gasteiger partial charge in [-0.1, -0.05) is 18.6 Å². The number of aliphatic carboxylic acids is 1. The summed E-state index contributed by atoms with van der Waals surface area (Å²) in [4.78, 5) is 25.5. The second kappa shape index (κ2) is 6.26. The lowest BCUT2D eigenvalue weighted by Gasteiger charge is -2.23. The minimum absolute atomic E-state index is 0.0618. The summed E-state index contributed by atoms with van der Waals surface area (Å²) in [5.74, 6) is -1.07. The van der Waals surface area contributed by atoms with Crippen LogP contribution in [0.4, 0.5) is 19.3 Å². The van der Waals surface area contributed by atoms with Gasteiger partial charge in [-0.2, -0.15) is 8.78 Å². The molecule has 1 aliphatic carbocycles. The van der Waals surface area contributed by atoms with Gasteiger partial charge in [0.05, 0.1) is 11.1 Å². The maximum Gasteiger partial charge on any atom is 0.387 e. The number of likely N-dealkylation sites (tertiary alicyclic amines) is 1. The van der Waals surface area contributed by atoms with E-state index in [2.05, 4.69) is 10.1 Å². The number of carbonyl (C=O) groups excluding carboxylic acids is 1. The number of carbonyl (C=O) groups is 2. The first-order valence-corrected chi connectivity index (χ1v) is 7.75. The number of nitrogens with zero attached hydrogens (tertiary/aromatic N) is 1. The number of anilines is 1. The summed E-state index contributed by atoms with van der Waals surface area (Å²) in [5, 5.41) is 12.1. The average Bonchev–Trinajstić information content (AvgIpc) is 3.06. The molecular formula is C16H18F2N2O4. The number of para-hydroxylation sites is 2. The van der Waals surface area contributed by atoms with Gasteiger partial charge in [0, 0.05) is 13.1 Å². The highest BCUT2D eigenvalue weighted by Crippen LogP contribution is 2.49. The highest BCUT2D eigenvalue weighted by molar-refractivity contribution is 5.92. The van der Waals surface area contributed by atoms with E-state index in [1.807, 2.05) is 0 Å². The third-order valence-electron chi connectivity index (χ3n) is 4.93. The Kier molecular flexibility index (Phi) is 4.29. The first-order valence-electron chi connectivity index (χ1n) is 7.75. The van der Waals surface area contributed by atoms with Crippen LogP contribution in [0.25, 0.3) is 0 Å². The van der Waals surface area contributed by atoms with Gasteiger partial charge in [-0.3, -0.25) is 4.79 Å². The van der Waals surface area contributed by atoms with Crippen molar-refractivity contribution in [3.8, 4) is 5.75 Å². The SMILES string of the molecule is O=C(Nc1ccccc1OC(F)F)N1C[C@@H]2CCC[C@@]2(C(=O)O)C1. The van der Waals surface area contributed by atoms with Crippen LogP contribution in [-0.4, -0.2) is 41.7 Å². The number of urea groups is 1. The summed E-state index contributed by atoms with van der Waals surface area (Å²) in [6.45, 7) is -2.50. The Morgan fingerprint density at radius 1 is 1.38 bits per heavy atom. The first kappa shape index (κ1) is 16.5. The molecule has 1 aliphatic heterocycles. The highest BCUT2D eigenvalue weighted by atomic mass is 19.3. The molecule has 2 fully saturated rings. The van der Waals surface area contributed by atoms with Crippen molar-refractivity contribution in [3.63, 3.8) is 0 Å². The average molecular weight is 340 g/mol. The Morgan fingerprint density at radius 2 is 2.12 bits per heavy atom. The Hall–Kier alpha value is -2.38. The van der Waals surface area contributed by atoms with Gasteiger partial charge in [-0.25, -0.2) is 4.79 Å². The largest absolute Gasteiger partial charge is 0.481 e. The molecule has 0 radical (unpaired) electrons. The first-order chi connectivity index (χ1) is 11.4. The molecule has 1 saturated carbocycles. The lowest BCUT2D eigenvalue weighted by molar-refractivity contribution is -0.149. The summed E-state index contributed by atoms with van der Waals surface area (Å²) in [5.41, 5.74) is -0.750. The van der Waals surface area contributed by atoms with Gasteiger partial charge in [0.2, 0.25) is 0 Å². The topological polar surface area (TPSA) is 78.9 Å². The van der Waals surface area contributed by atoms with E-state index in [0.29, 0.717) is 13.0 Å². The molecule has 1 aromatic rings. The van der Waals surface area contributed by atoms with Crippen LogP contribution >= 0.6 is 0 Å². The van der Waals surface area contributed by atoms with Gasteiger partial charge in [0.25, 0.3) is 0 Å². The predicted octanol–water partition coefficient (Wildman–Crippen LogP) is 3.01. The molecule has 3 rings (SSSR count). The van der Waals surface area contributed by atoms with Gasteiger partial charge in [-0.15, -0.1) is 0 Å². The van der Waals surface area contributed by atoms with E-state index >= 15 is 0 Å². The number of hydrogen-bond acceptors (Lipinski definition) is 3. The van der Waals surface area contributed by atoms with E-state index in [1.54, 1.807) is 6.07 Å². The normalized spacial score (nSPS) is 25.6. The summed E-state index contributed by atoms with van der Waals surface area (Å²) in [6, 6.07) is 5.40. The lowest BCUT2D eigenvalue weighted by Crippen LogP contribution is -2.38. The van der Waals surface area contributed by atoms with E-state index in [9.17, 15) is 23.5 Å². The number of carboxylic acids is 1. The fraction of sp³-hybridized carbons (Fsp3) is 0.500. The van der Waals surface area contributed by atoms with Crippen LogP contribution in [0.2, 0.25) is 0 Å². The summed E-state index contributed by atoms with van der Waals surface area (Å²) < 4.78 is 29.2. The Morgan fingerprint density at radius 3 is 2.79 bits per heavy atom. The van der Waals surface area contributed by atoms with Crippen molar-refractivity contribution in [2.75, 3.05) is 18.4 Å². The molecular weight excluding hydrogens is 322 g/mol. The van der Waals surface area contributed by atoms with Gasteiger partial charge in [0.15, 0.2) is 0 Å². The van der Waals surface area contributed by atoms with Crippen LogP contribution in [0.1, 0.15) is 19.3 Å². The van der Waals surface area contributed by atoms with Gasteiger partial charge >= 0.3 is 18.6 Å². The fourth-order valence-corrected chi connectivity index (χ4v) is 3.76. The monoisotopic (exact) mass is 340 g/mol. The van der Waals surface area contributed by atoms with Gasteiger partial charge in [-0.05, 0) is 30.9 Å². The molecule has 2 amide bonds. The molecule has 0 unspecified atom stereocenters. The Balaban J connectivity index is 1.72. The van der Waals surface area contributed by atoms with Crippen LogP contribution in [0.5, 0.6) is 5.75 Å². The number of nitrogens with one attached hydrogen (secondary N) is 1. The number of benzene rings is 1. The minimum atomic E-state index is -3.00. The molecule has 130 valence electrons. The van der Waals surface area contributed by atoms with Crippen molar-refractivity contribution in [1.29, 1.82) is 0 Å². The molecule has 8 heteroatoms. The van der Waals surface area contributed by atoms with Crippen molar-refractivity contribution in [2.45, 2.75) is 25.9 Å². The molecule has 1 saturated heterocycles. The quantitative estimate of drug-likeness (QED) is 0.883. The van der Waals surface area contributed by atoms with Crippen molar-refractivity contribution >= 4 is 17.7 Å². The van der Waals surface area contributed by atoms with Crippen LogP contribution in [0.3, 0.4) is 0 Å². The third kappa shape index (κ3) is 2.88. The van der Waals surface area contributed by atoms with E-state index in [4.69, 9.17) is 0 Å². The second-order valence-electron chi connectivity index (χ2n) is 6.24. The lowest BCUT2D eigenvalue weighted by atomic mass is 9.81. The zero-order valence-corrected chi connectivity index (χ0v) is 12.9. The molecule has 2 atom stereocenters. The molecule has 2 N–H and O–H groups in total. The summed E-state index contributed by atoms with van der Waals surface area (Å²) in [6.07, 6.45) is 2.18. The maximum atomic E-state index is 12.4. The van der Waals surface area contributed by atoms with Crippen molar-refractivity contribution < 1.29 is 28.2 Å². The standard InChI is InChI=1S/C16H18F2N2O4/c17-14(18)24-12-6-2-1-5-11(12)19-15(23)20-8-10-4-3-7-16(10,9-20)13(21)22/h1-2,5-6,10,14H,3-4,7-9H2,(H,19,23)(H,21,22)/t10-,16+/m0/s1. The van der Waals surface area contributed by atoms with Crippen LogP contribution in [0.15, 0.2) is 24.3 Å². The molecule has 2 aliphatic rings. The second-order valence-corrected chi connectivity index (χ2v) is 6.24. The number of amides is 2. The Labute approximate surface area is 137 Å². The van der Waals surface area contributed by atoms with Crippen molar-refractivity contribution in [3.05, 3.63) is 24.3 Å². The summed E-state index contributed by atoms with van der Waals surface area (Å²) >= 11 is 0. The number of hydrogen-bond donors (Lipinski definition) is 2. The van der Waals surface area contributed by atoms with Crippen molar-refractivity contribution in [2.24, 2.45) is 11.3 Å². The Bertz CT molecular complexity index is 655. The summed E-state index contributed by atoms with van der Waals surface area (Å²) in [7, 11) is 0. The number of ether oxygens (including phenoxy) is 1. The zero-order valence-electron chi connectivity index (χ0n) is 12.9.